The third kappa shape index (κ3) is 3.08. The van der Waals surface area contributed by atoms with Crippen molar-refractivity contribution in [2.75, 3.05) is 7.05 Å². The predicted octanol–water partition coefficient (Wildman–Crippen LogP) is 2.44. The number of nitrogens with zero attached hydrogens (tertiary/aromatic N) is 5. The lowest BCUT2D eigenvalue weighted by atomic mass is 10.1. The fourth-order valence-electron chi connectivity index (χ4n) is 2.79. The summed E-state index contributed by atoms with van der Waals surface area (Å²) in [5.74, 6) is -0.0297. The number of benzene rings is 1. The van der Waals surface area contributed by atoms with Gasteiger partial charge in [-0.3, -0.25) is 9.48 Å². The fraction of sp³-hybridized carbons (Fsp3) is 0.278. The van der Waals surface area contributed by atoms with Crippen LogP contribution in [0.2, 0.25) is 0 Å². The standard InChI is InChI=1S/C18H21N5O/c1-4-17-16(11-20-23(17)15-8-6-5-7-9-15)18(24)21(2)12-14-10-19-22(3)13-14/h5-11,13H,4,12H2,1-3H3. The Labute approximate surface area is 141 Å². The average Bonchev–Trinajstić information content (AvgIpc) is 3.20. The molecule has 124 valence electrons. The molecule has 0 unspecified atom stereocenters. The fourth-order valence-corrected chi connectivity index (χ4v) is 2.79. The Hall–Kier alpha value is -2.89. The minimum atomic E-state index is -0.0297. The zero-order valence-electron chi connectivity index (χ0n) is 14.2. The van der Waals surface area contributed by atoms with Crippen molar-refractivity contribution in [1.29, 1.82) is 0 Å². The molecule has 6 nitrogen and oxygen atoms in total. The maximum Gasteiger partial charge on any atom is 0.257 e. The second kappa shape index (κ2) is 6.70. The number of hydrogen-bond acceptors (Lipinski definition) is 3. The topological polar surface area (TPSA) is 56.0 Å². The maximum atomic E-state index is 12.8. The highest BCUT2D eigenvalue weighted by atomic mass is 16.2. The lowest BCUT2D eigenvalue weighted by Crippen LogP contribution is -2.26. The van der Waals surface area contributed by atoms with Gasteiger partial charge in [-0.1, -0.05) is 25.1 Å². The molecular weight excluding hydrogens is 302 g/mol. The first-order valence-electron chi connectivity index (χ1n) is 7.95. The van der Waals surface area contributed by atoms with Crippen molar-refractivity contribution >= 4 is 5.91 Å². The zero-order valence-corrected chi connectivity index (χ0v) is 14.2. The number of carbonyl (C=O) groups excluding carboxylic acids is 1. The number of carbonyl (C=O) groups is 1. The summed E-state index contributed by atoms with van der Waals surface area (Å²) in [4.78, 5) is 14.5. The van der Waals surface area contributed by atoms with Crippen LogP contribution >= 0.6 is 0 Å². The molecule has 2 aromatic heterocycles. The summed E-state index contributed by atoms with van der Waals surface area (Å²) >= 11 is 0. The lowest BCUT2D eigenvalue weighted by molar-refractivity contribution is 0.0784. The molecule has 6 heteroatoms. The van der Waals surface area contributed by atoms with Gasteiger partial charge in [0.15, 0.2) is 0 Å². The van der Waals surface area contributed by atoms with Crippen LogP contribution in [-0.4, -0.2) is 37.4 Å². The van der Waals surface area contributed by atoms with Crippen LogP contribution in [0.25, 0.3) is 5.69 Å². The summed E-state index contributed by atoms with van der Waals surface area (Å²) in [7, 11) is 3.67. The molecule has 0 bridgehead atoms. The van der Waals surface area contributed by atoms with Crippen LogP contribution in [0.3, 0.4) is 0 Å². The minimum Gasteiger partial charge on any atom is -0.337 e. The number of hydrogen-bond donors (Lipinski definition) is 0. The molecule has 0 aliphatic heterocycles. The van der Waals surface area contributed by atoms with Crippen LogP contribution in [0.1, 0.15) is 28.5 Å². The maximum absolute atomic E-state index is 12.8. The molecule has 1 aromatic carbocycles. The van der Waals surface area contributed by atoms with Gasteiger partial charge in [0.2, 0.25) is 0 Å². The summed E-state index contributed by atoms with van der Waals surface area (Å²) in [5, 5.41) is 8.57. The van der Waals surface area contributed by atoms with Crippen molar-refractivity contribution in [3.05, 3.63) is 65.7 Å². The lowest BCUT2D eigenvalue weighted by Gasteiger charge is -2.16. The van der Waals surface area contributed by atoms with Crippen LogP contribution in [-0.2, 0) is 20.0 Å². The number of aromatic nitrogens is 4. The molecule has 0 aliphatic rings. The van der Waals surface area contributed by atoms with Gasteiger partial charge < -0.3 is 4.90 Å². The van der Waals surface area contributed by atoms with E-state index in [2.05, 4.69) is 10.2 Å². The van der Waals surface area contributed by atoms with Gasteiger partial charge in [-0.25, -0.2) is 4.68 Å². The molecule has 2 heterocycles. The van der Waals surface area contributed by atoms with Crippen LogP contribution in [0.15, 0.2) is 48.9 Å². The van der Waals surface area contributed by atoms with E-state index in [0.717, 1.165) is 23.4 Å². The Balaban J connectivity index is 1.86. The highest BCUT2D eigenvalue weighted by molar-refractivity contribution is 5.95. The van der Waals surface area contributed by atoms with Crippen molar-refractivity contribution in [3.8, 4) is 5.69 Å². The molecule has 0 aliphatic carbocycles. The molecule has 0 saturated carbocycles. The molecule has 0 atom stereocenters. The van der Waals surface area contributed by atoms with Crippen molar-refractivity contribution in [2.45, 2.75) is 19.9 Å². The third-order valence-electron chi connectivity index (χ3n) is 3.96. The molecule has 0 N–H and O–H groups in total. The Kier molecular flexibility index (Phi) is 4.46. The second-order valence-corrected chi connectivity index (χ2v) is 5.79. The first-order valence-corrected chi connectivity index (χ1v) is 7.95. The smallest absolute Gasteiger partial charge is 0.257 e. The molecule has 0 fully saturated rings. The van der Waals surface area contributed by atoms with E-state index in [1.54, 1.807) is 29.0 Å². The first-order chi connectivity index (χ1) is 11.6. The zero-order chi connectivity index (χ0) is 17.1. The van der Waals surface area contributed by atoms with Crippen LogP contribution in [0, 0.1) is 0 Å². The van der Waals surface area contributed by atoms with Gasteiger partial charge >= 0.3 is 0 Å². The SMILES string of the molecule is CCc1c(C(=O)N(C)Cc2cnn(C)c2)cnn1-c1ccccc1. The molecule has 24 heavy (non-hydrogen) atoms. The van der Waals surface area contributed by atoms with Gasteiger partial charge in [-0.15, -0.1) is 0 Å². The molecule has 0 saturated heterocycles. The van der Waals surface area contributed by atoms with E-state index in [1.165, 1.54) is 0 Å². The number of amides is 1. The van der Waals surface area contributed by atoms with Crippen molar-refractivity contribution in [1.82, 2.24) is 24.5 Å². The van der Waals surface area contributed by atoms with E-state index in [4.69, 9.17) is 0 Å². The highest BCUT2D eigenvalue weighted by Crippen LogP contribution is 2.18. The Morgan fingerprint density at radius 3 is 2.54 bits per heavy atom. The van der Waals surface area contributed by atoms with Gasteiger partial charge in [0, 0.05) is 32.4 Å². The van der Waals surface area contributed by atoms with E-state index in [0.29, 0.717) is 12.1 Å². The largest absolute Gasteiger partial charge is 0.337 e. The molecular formula is C18H21N5O. The van der Waals surface area contributed by atoms with Gasteiger partial charge in [-0.05, 0) is 18.6 Å². The molecule has 3 rings (SSSR count). The number of rotatable bonds is 5. The Bertz CT molecular complexity index is 834. The van der Waals surface area contributed by atoms with E-state index in [1.807, 2.05) is 55.2 Å². The Morgan fingerprint density at radius 2 is 1.92 bits per heavy atom. The first kappa shape index (κ1) is 16.0. The average molecular weight is 323 g/mol. The molecule has 3 aromatic rings. The van der Waals surface area contributed by atoms with Crippen molar-refractivity contribution < 1.29 is 4.79 Å². The highest BCUT2D eigenvalue weighted by Gasteiger charge is 2.20. The van der Waals surface area contributed by atoms with Crippen LogP contribution in [0.5, 0.6) is 0 Å². The van der Waals surface area contributed by atoms with E-state index in [9.17, 15) is 4.79 Å². The van der Waals surface area contributed by atoms with E-state index in [-0.39, 0.29) is 5.91 Å². The van der Waals surface area contributed by atoms with Crippen molar-refractivity contribution in [3.63, 3.8) is 0 Å². The molecule has 0 radical (unpaired) electrons. The van der Waals surface area contributed by atoms with E-state index >= 15 is 0 Å². The predicted molar refractivity (Wildman–Crippen MR) is 91.9 cm³/mol. The van der Waals surface area contributed by atoms with E-state index < -0.39 is 0 Å². The van der Waals surface area contributed by atoms with Crippen molar-refractivity contribution in [2.24, 2.45) is 7.05 Å². The molecule has 1 amide bonds. The Morgan fingerprint density at radius 1 is 1.17 bits per heavy atom. The van der Waals surface area contributed by atoms with Gasteiger partial charge in [0.1, 0.15) is 0 Å². The summed E-state index contributed by atoms with van der Waals surface area (Å²) in [6, 6.07) is 9.87. The second-order valence-electron chi connectivity index (χ2n) is 5.79. The quantitative estimate of drug-likeness (QED) is 0.725. The van der Waals surface area contributed by atoms with Crippen LogP contribution in [0.4, 0.5) is 0 Å². The third-order valence-corrected chi connectivity index (χ3v) is 3.96. The van der Waals surface area contributed by atoms with Gasteiger partial charge in [0.25, 0.3) is 5.91 Å². The summed E-state index contributed by atoms with van der Waals surface area (Å²) in [5.41, 5.74) is 3.53. The number of aryl methyl sites for hydroxylation is 1. The van der Waals surface area contributed by atoms with Gasteiger partial charge in [0.05, 0.1) is 29.3 Å². The van der Waals surface area contributed by atoms with Gasteiger partial charge in [-0.2, -0.15) is 10.2 Å². The summed E-state index contributed by atoms with van der Waals surface area (Å²) < 4.78 is 3.57. The van der Waals surface area contributed by atoms with Crippen LogP contribution < -0.4 is 0 Å². The molecule has 0 spiro atoms. The summed E-state index contributed by atoms with van der Waals surface area (Å²) in [6.45, 7) is 2.56. The normalized spacial score (nSPS) is 10.8. The minimum absolute atomic E-state index is 0.0297. The summed E-state index contributed by atoms with van der Waals surface area (Å²) in [6.07, 6.45) is 6.08. The number of para-hydroxylation sites is 1. The monoisotopic (exact) mass is 323 g/mol.